The van der Waals surface area contributed by atoms with E-state index in [4.69, 9.17) is 0 Å². The highest BCUT2D eigenvalue weighted by Crippen LogP contribution is 2.31. The van der Waals surface area contributed by atoms with Gasteiger partial charge < -0.3 is 5.11 Å². The Balaban J connectivity index is 2.64. The fourth-order valence-electron chi connectivity index (χ4n) is 2.34. The van der Waals surface area contributed by atoms with Gasteiger partial charge in [-0.2, -0.15) is 18.3 Å². The molecule has 2 rings (SSSR count). The van der Waals surface area contributed by atoms with Gasteiger partial charge in [0.05, 0.1) is 16.2 Å². The van der Waals surface area contributed by atoms with E-state index in [0.29, 0.717) is 0 Å². The molecule has 1 aromatic heterocycles. The van der Waals surface area contributed by atoms with Crippen molar-refractivity contribution >= 4 is 11.7 Å². The first-order chi connectivity index (χ1) is 11.5. The number of rotatable bonds is 5. The van der Waals surface area contributed by atoms with Crippen LogP contribution >= 0.6 is 0 Å². The minimum atomic E-state index is -4.55. The normalized spacial score (nSPS) is 11.8. The van der Waals surface area contributed by atoms with E-state index in [1.54, 1.807) is 13.8 Å². The van der Waals surface area contributed by atoms with Crippen LogP contribution in [0, 0.1) is 16.0 Å². The van der Waals surface area contributed by atoms with E-state index in [-0.39, 0.29) is 23.7 Å². The fraction of sp³-hybridized carbons (Fsp3) is 0.333. The average molecular weight is 357 g/mol. The molecule has 10 heteroatoms. The summed E-state index contributed by atoms with van der Waals surface area (Å²) < 4.78 is 38.7. The predicted octanol–water partition coefficient (Wildman–Crippen LogP) is 3.70. The van der Waals surface area contributed by atoms with Gasteiger partial charge in [0.1, 0.15) is 5.69 Å². The molecule has 134 valence electrons. The number of aromatic nitrogens is 2. The number of carboxylic acid groups (broad SMARTS) is 1. The molecule has 0 aliphatic heterocycles. The average Bonchev–Trinajstić information content (AvgIpc) is 2.85. The number of carbonyl (C=O) groups is 1. The second-order valence-electron chi connectivity index (χ2n) is 5.76. The van der Waals surface area contributed by atoms with Crippen molar-refractivity contribution in [1.82, 2.24) is 9.78 Å². The third kappa shape index (κ3) is 3.78. The lowest BCUT2D eigenvalue weighted by molar-refractivity contribution is -0.386. The molecule has 1 N–H and O–H groups in total. The van der Waals surface area contributed by atoms with Gasteiger partial charge in [-0.1, -0.05) is 13.8 Å². The predicted molar refractivity (Wildman–Crippen MR) is 80.7 cm³/mol. The van der Waals surface area contributed by atoms with Crippen LogP contribution in [-0.2, 0) is 12.6 Å². The summed E-state index contributed by atoms with van der Waals surface area (Å²) in [5.41, 5.74) is -2.31. The number of aromatic carboxylic acids is 1. The fourth-order valence-corrected chi connectivity index (χ4v) is 2.34. The number of hydrogen-bond acceptors (Lipinski definition) is 4. The molecule has 0 saturated heterocycles. The molecule has 0 radical (unpaired) electrons. The number of nitro groups is 1. The van der Waals surface area contributed by atoms with Crippen molar-refractivity contribution in [3.05, 3.63) is 51.3 Å². The minimum absolute atomic E-state index is 0.0106. The maximum atomic E-state index is 12.6. The Morgan fingerprint density at radius 1 is 1.32 bits per heavy atom. The highest BCUT2D eigenvalue weighted by atomic mass is 19.4. The summed E-state index contributed by atoms with van der Waals surface area (Å²) in [5.74, 6) is -1.62. The van der Waals surface area contributed by atoms with Crippen LogP contribution in [0.1, 0.15) is 35.6 Å². The van der Waals surface area contributed by atoms with E-state index in [1.807, 2.05) is 0 Å². The largest absolute Gasteiger partial charge is 0.476 e. The highest BCUT2D eigenvalue weighted by Gasteiger charge is 2.34. The van der Waals surface area contributed by atoms with E-state index < -0.39 is 34.0 Å². The minimum Gasteiger partial charge on any atom is -0.476 e. The number of carboxylic acids is 1. The number of hydrogen-bond donors (Lipinski definition) is 1. The summed E-state index contributed by atoms with van der Waals surface area (Å²) >= 11 is 0. The molecule has 7 nitrogen and oxygen atoms in total. The van der Waals surface area contributed by atoms with Crippen LogP contribution < -0.4 is 0 Å². The second-order valence-corrected chi connectivity index (χ2v) is 5.76. The smallest absolute Gasteiger partial charge is 0.416 e. The van der Waals surface area contributed by atoms with Gasteiger partial charge in [-0.25, -0.2) is 9.48 Å². The van der Waals surface area contributed by atoms with Crippen molar-refractivity contribution in [1.29, 1.82) is 0 Å². The molecular formula is C15H14F3N3O4. The van der Waals surface area contributed by atoms with E-state index in [0.717, 1.165) is 28.9 Å². The summed E-state index contributed by atoms with van der Waals surface area (Å²) in [6.45, 7) is 3.56. The standard InChI is InChI=1S/C15H14F3N3O4/c1-8(2)7-11-12(21(24)25)13(14(22)23)20(19-11)10-5-3-9(4-6-10)15(16,17)18/h3-6,8H,7H2,1-2H3,(H,22,23). The molecule has 0 aliphatic rings. The highest BCUT2D eigenvalue weighted by molar-refractivity contribution is 5.91. The van der Waals surface area contributed by atoms with Gasteiger partial charge in [0.15, 0.2) is 0 Å². The van der Waals surface area contributed by atoms with E-state index in [2.05, 4.69) is 5.10 Å². The van der Waals surface area contributed by atoms with Crippen molar-refractivity contribution in [2.24, 2.45) is 5.92 Å². The quantitative estimate of drug-likeness (QED) is 0.650. The van der Waals surface area contributed by atoms with Crippen molar-refractivity contribution < 1.29 is 28.0 Å². The molecule has 1 heterocycles. The summed E-state index contributed by atoms with van der Waals surface area (Å²) in [6.07, 6.45) is -4.39. The summed E-state index contributed by atoms with van der Waals surface area (Å²) in [7, 11) is 0. The van der Waals surface area contributed by atoms with Crippen molar-refractivity contribution in [2.75, 3.05) is 0 Å². The molecule has 0 spiro atoms. The third-order valence-corrected chi connectivity index (χ3v) is 3.36. The molecule has 25 heavy (non-hydrogen) atoms. The summed E-state index contributed by atoms with van der Waals surface area (Å²) in [6, 6.07) is 3.56. The van der Waals surface area contributed by atoms with Gasteiger partial charge >= 0.3 is 17.8 Å². The van der Waals surface area contributed by atoms with Crippen LogP contribution in [0.25, 0.3) is 5.69 Å². The Kier molecular flexibility index (Phi) is 4.82. The Bertz CT molecular complexity index is 811. The zero-order chi connectivity index (χ0) is 18.9. The first-order valence-electron chi connectivity index (χ1n) is 7.19. The maximum absolute atomic E-state index is 12.6. The van der Waals surface area contributed by atoms with Crippen molar-refractivity contribution in [3.8, 4) is 5.69 Å². The van der Waals surface area contributed by atoms with Gasteiger partial charge in [0, 0.05) is 6.42 Å². The Morgan fingerprint density at radius 3 is 2.28 bits per heavy atom. The zero-order valence-corrected chi connectivity index (χ0v) is 13.2. The lowest BCUT2D eigenvalue weighted by atomic mass is 10.1. The van der Waals surface area contributed by atoms with E-state index in [1.165, 1.54) is 0 Å². The molecule has 0 amide bonds. The molecule has 2 aromatic rings. The molecule has 0 fully saturated rings. The topological polar surface area (TPSA) is 98.3 Å². The molecule has 1 aromatic carbocycles. The van der Waals surface area contributed by atoms with Crippen molar-refractivity contribution in [2.45, 2.75) is 26.4 Å². The molecule has 0 aliphatic carbocycles. The first-order valence-corrected chi connectivity index (χ1v) is 7.19. The molecular weight excluding hydrogens is 343 g/mol. The van der Waals surface area contributed by atoms with Crippen LogP contribution in [0.4, 0.5) is 18.9 Å². The molecule has 0 atom stereocenters. The Labute approximate surface area is 139 Å². The first kappa shape index (κ1) is 18.4. The SMILES string of the molecule is CC(C)Cc1nn(-c2ccc(C(F)(F)F)cc2)c(C(=O)O)c1[N+](=O)[O-]. The van der Waals surface area contributed by atoms with Crippen LogP contribution in [0.2, 0.25) is 0 Å². The number of benzene rings is 1. The number of nitrogens with zero attached hydrogens (tertiary/aromatic N) is 3. The zero-order valence-electron chi connectivity index (χ0n) is 13.2. The number of halogens is 3. The van der Waals surface area contributed by atoms with Crippen molar-refractivity contribution in [3.63, 3.8) is 0 Å². The Hall–Kier alpha value is -2.91. The second kappa shape index (κ2) is 6.54. The molecule has 0 saturated carbocycles. The van der Waals surface area contributed by atoms with Crippen LogP contribution in [0.5, 0.6) is 0 Å². The van der Waals surface area contributed by atoms with Gasteiger partial charge in [-0.3, -0.25) is 10.1 Å². The summed E-state index contributed by atoms with van der Waals surface area (Å²) in [4.78, 5) is 22.0. The lowest BCUT2D eigenvalue weighted by Crippen LogP contribution is -2.11. The van der Waals surface area contributed by atoms with Gasteiger partial charge in [0.25, 0.3) is 0 Å². The molecule has 0 bridgehead atoms. The van der Waals surface area contributed by atoms with Crippen LogP contribution in [0.15, 0.2) is 24.3 Å². The van der Waals surface area contributed by atoms with Crippen LogP contribution in [-0.4, -0.2) is 25.8 Å². The maximum Gasteiger partial charge on any atom is 0.416 e. The summed E-state index contributed by atoms with van der Waals surface area (Å²) in [5, 5.41) is 24.6. The van der Waals surface area contributed by atoms with Gasteiger partial charge in [-0.05, 0) is 30.2 Å². The van der Waals surface area contributed by atoms with E-state index in [9.17, 15) is 33.2 Å². The molecule has 0 unspecified atom stereocenters. The third-order valence-electron chi connectivity index (χ3n) is 3.36. The van der Waals surface area contributed by atoms with Gasteiger partial charge in [-0.15, -0.1) is 0 Å². The van der Waals surface area contributed by atoms with Crippen LogP contribution in [0.3, 0.4) is 0 Å². The monoisotopic (exact) mass is 357 g/mol. The lowest BCUT2D eigenvalue weighted by Gasteiger charge is -2.08. The van der Waals surface area contributed by atoms with Gasteiger partial charge in [0.2, 0.25) is 5.69 Å². The number of alkyl halides is 3. The Morgan fingerprint density at radius 2 is 1.88 bits per heavy atom. The van der Waals surface area contributed by atoms with E-state index >= 15 is 0 Å².